The quantitative estimate of drug-likeness (QED) is 0.531. The number of aliphatic hydroxyl groups excluding tert-OH is 1. The van der Waals surface area contributed by atoms with Crippen molar-refractivity contribution in [3.63, 3.8) is 0 Å². The summed E-state index contributed by atoms with van der Waals surface area (Å²) < 4.78 is 0. The van der Waals surface area contributed by atoms with E-state index >= 15 is 0 Å². The van der Waals surface area contributed by atoms with Gasteiger partial charge in [0, 0.05) is 5.56 Å². The normalized spacial score (nSPS) is 10.1. The minimum atomic E-state index is -0.0120. The molecule has 4 heteroatoms. The number of rotatable bonds is 2. The molecule has 3 nitrogen and oxygen atoms in total. The summed E-state index contributed by atoms with van der Waals surface area (Å²) >= 11 is 1.56. The molecule has 0 aliphatic rings. The molecule has 0 spiro atoms. The zero-order valence-corrected chi connectivity index (χ0v) is 7.35. The van der Waals surface area contributed by atoms with Crippen molar-refractivity contribution in [2.75, 3.05) is 6.26 Å². The van der Waals surface area contributed by atoms with Crippen molar-refractivity contribution in [2.24, 2.45) is 0 Å². The van der Waals surface area contributed by atoms with Crippen LogP contribution in [0.2, 0.25) is 0 Å². The van der Waals surface area contributed by atoms with Crippen LogP contribution in [0.25, 0.3) is 0 Å². The van der Waals surface area contributed by atoms with Gasteiger partial charge in [0.2, 0.25) is 0 Å². The topological polar surface area (TPSA) is 46.0 Å². The minimum Gasteiger partial charge on any atom is -0.390 e. The Morgan fingerprint density at radius 2 is 2.27 bits per heavy atom. The molecule has 0 saturated heterocycles. The molecule has 11 heavy (non-hydrogen) atoms. The van der Waals surface area contributed by atoms with Gasteiger partial charge in [-0.2, -0.15) is 0 Å². The lowest BCUT2D eigenvalue weighted by Gasteiger charge is -2.03. The Balaban J connectivity index is 3.10. The molecule has 1 N–H and O–H groups in total. The van der Waals surface area contributed by atoms with Gasteiger partial charge in [0.15, 0.2) is 0 Å². The van der Waals surface area contributed by atoms with E-state index in [0.717, 1.165) is 10.6 Å². The maximum atomic E-state index is 8.84. The third-order valence-electron chi connectivity index (χ3n) is 1.49. The molecule has 0 aromatic carbocycles. The van der Waals surface area contributed by atoms with Crippen molar-refractivity contribution in [2.45, 2.75) is 18.6 Å². The van der Waals surface area contributed by atoms with E-state index in [9.17, 15) is 0 Å². The lowest BCUT2D eigenvalue weighted by Crippen LogP contribution is -1.97. The second-order valence-corrected chi connectivity index (χ2v) is 2.91. The van der Waals surface area contributed by atoms with E-state index < -0.39 is 0 Å². The largest absolute Gasteiger partial charge is 0.390 e. The maximum Gasteiger partial charge on any atom is 0.117 e. The Morgan fingerprint density at radius 1 is 1.55 bits per heavy atom. The van der Waals surface area contributed by atoms with Crippen molar-refractivity contribution < 1.29 is 5.11 Å². The van der Waals surface area contributed by atoms with Gasteiger partial charge in [-0.3, -0.25) is 0 Å². The van der Waals surface area contributed by atoms with Crippen LogP contribution in [0.5, 0.6) is 0 Å². The summed E-state index contributed by atoms with van der Waals surface area (Å²) in [6, 6.07) is 0. The average molecular weight is 170 g/mol. The number of nitrogens with zero attached hydrogens (tertiary/aromatic N) is 2. The highest BCUT2D eigenvalue weighted by atomic mass is 32.2. The van der Waals surface area contributed by atoms with Gasteiger partial charge in [-0.1, -0.05) is 0 Å². The van der Waals surface area contributed by atoms with Crippen LogP contribution in [0.4, 0.5) is 0 Å². The number of aromatic nitrogens is 2. The highest BCUT2D eigenvalue weighted by molar-refractivity contribution is 7.98. The fourth-order valence-corrected chi connectivity index (χ4v) is 1.41. The van der Waals surface area contributed by atoms with Gasteiger partial charge >= 0.3 is 0 Å². The maximum absolute atomic E-state index is 8.84. The highest BCUT2D eigenvalue weighted by Gasteiger charge is 2.03. The van der Waals surface area contributed by atoms with E-state index in [4.69, 9.17) is 5.11 Å². The second-order valence-electron chi connectivity index (χ2n) is 2.11. The molecular formula is C7H10N2OS. The van der Waals surface area contributed by atoms with E-state index in [-0.39, 0.29) is 6.61 Å². The Kier molecular flexibility index (Phi) is 2.84. The van der Waals surface area contributed by atoms with Crippen molar-refractivity contribution in [3.8, 4) is 0 Å². The van der Waals surface area contributed by atoms with E-state index in [1.165, 1.54) is 6.33 Å². The van der Waals surface area contributed by atoms with Gasteiger partial charge in [-0.25, -0.2) is 9.97 Å². The SMILES string of the molecule is CSc1ncnc(CO)c1C. The van der Waals surface area contributed by atoms with Crippen LogP contribution in [0.1, 0.15) is 11.3 Å². The molecule has 0 aliphatic heterocycles. The number of aliphatic hydroxyl groups is 1. The molecule has 0 bridgehead atoms. The van der Waals surface area contributed by atoms with Gasteiger partial charge in [0.25, 0.3) is 0 Å². The molecule has 0 fully saturated rings. The summed E-state index contributed by atoms with van der Waals surface area (Å²) in [4.78, 5) is 7.98. The summed E-state index contributed by atoms with van der Waals surface area (Å²) in [5.74, 6) is 0. The first-order valence-corrected chi connectivity index (χ1v) is 4.47. The summed E-state index contributed by atoms with van der Waals surface area (Å²) in [5, 5.41) is 9.77. The van der Waals surface area contributed by atoms with Gasteiger partial charge in [-0.15, -0.1) is 11.8 Å². The number of hydrogen-bond acceptors (Lipinski definition) is 4. The molecule has 1 aromatic rings. The summed E-state index contributed by atoms with van der Waals surface area (Å²) in [6.07, 6.45) is 3.43. The van der Waals surface area contributed by atoms with E-state index in [0.29, 0.717) is 5.69 Å². The van der Waals surface area contributed by atoms with Gasteiger partial charge < -0.3 is 5.11 Å². The van der Waals surface area contributed by atoms with Gasteiger partial charge in [0.05, 0.1) is 12.3 Å². The molecule has 0 saturated carbocycles. The molecule has 0 atom stereocenters. The third kappa shape index (κ3) is 1.70. The zero-order chi connectivity index (χ0) is 8.27. The van der Waals surface area contributed by atoms with Crippen molar-refractivity contribution in [3.05, 3.63) is 17.6 Å². The standard InChI is InChI=1S/C7H10N2OS/c1-5-6(3-10)8-4-9-7(5)11-2/h4,10H,3H2,1-2H3. The Labute approximate surface area is 69.9 Å². The van der Waals surface area contributed by atoms with Crippen LogP contribution in [0.3, 0.4) is 0 Å². The Bertz CT molecular complexity index is 230. The average Bonchev–Trinajstić information content (AvgIpc) is 2.05. The van der Waals surface area contributed by atoms with Gasteiger partial charge in [-0.05, 0) is 13.2 Å². The monoisotopic (exact) mass is 170 g/mol. The predicted molar refractivity (Wildman–Crippen MR) is 44.5 cm³/mol. The molecule has 0 amide bonds. The van der Waals surface area contributed by atoms with Crippen LogP contribution in [-0.4, -0.2) is 21.3 Å². The minimum absolute atomic E-state index is 0.0120. The smallest absolute Gasteiger partial charge is 0.117 e. The first-order chi connectivity index (χ1) is 5.29. The third-order valence-corrected chi connectivity index (χ3v) is 2.28. The van der Waals surface area contributed by atoms with E-state index in [1.807, 2.05) is 13.2 Å². The molecule has 1 aromatic heterocycles. The highest BCUT2D eigenvalue weighted by Crippen LogP contribution is 2.17. The fraction of sp³-hybridized carbons (Fsp3) is 0.429. The zero-order valence-electron chi connectivity index (χ0n) is 6.53. The van der Waals surface area contributed by atoms with Crippen LogP contribution >= 0.6 is 11.8 Å². The first-order valence-electron chi connectivity index (χ1n) is 3.25. The summed E-state index contributed by atoms with van der Waals surface area (Å²) in [5.41, 5.74) is 1.69. The second kappa shape index (κ2) is 3.69. The summed E-state index contributed by atoms with van der Waals surface area (Å²) in [7, 11) is 0. The Hall–Kier alpha value is -0.610. The van der Waals surface area contributed by atoms with Crippen LogP contribution < -0.4 is 0 Å². The summed E-state index contributed by atoms with van der Waals surface area (Å²) in [6.45, 7) is 1.90. The van der Waals surface area contributed by atoms with Crippen LogP contribution in [-0.2, 0) is 6.61 Å². The molecule has 0 unspecified atom stereocenters. The van der Waals surface area contributed by atoms with Gasteiger partial charge in [0.1, 0.15) is 11.4 Å². The lowest BCUT2D eigenvalue weighted by molar-refractivity contribution is 0.275. The molecule has 0 aliphatic carbocycles. The molecular weight excluding hydrogens is 160 g/mol. The van der Waals surface area contributed by atoms with E-state index in [1.54, 1.807) is 11.8 Å². The first kappa shape index (κ1) is 8.49. The number of thioether (sulfide) groups is 1. The van der Waals surface area contributed by atoms with Crippen molar-refractivity contribution >= 4 is 11.8 Å². The molecule has 0 radical (unpaired) electrons. The van der Waals surface area contributed by atoms with Crippen molar-refractivity contribution in [1.29, 1.82) is 0 Å². The molecule has 1 heterocycles. The van der Waals surface area contributed by atoms with Crippen LogP contribution in [0.15, 0.2) is 11.4 Å². The Morgan fingerprint density at radius 3 is 2.82 bits per heavy atom. The van der Waals surface area contributed by atoms with Crippen LogP contribution in [0, 0.1) is 6.92 Å². The lowest BCUT2D eigenvalue weighted by atomic mass is 10.3. The molecule has 1 rings (SSSR count). The number of hydrogen-bond donors (Lipinski definition) is 1. The predicted octanol–water partition coefficient (Wildman–Crippen LogP) is 0.999. The molecule has 60 valence electrons. The fourth-order valence-electron chi connectivity index (χ4n) is 0.833. The van der Waals surface area contributed by atoms with E-state index in [2.05, 4.69) is 9.97 Å². The van der Waals surface area contributed by atoms with Crippen molar-refractivity contribution in [1.82, 2.24) is 9.97 Å².